The molecule has 0 amide bonds. The molecule has 51 heavy (non-hydrogen) atoms. The van der Waals surface area contributed by atoms with Crippen LogP contribution in [0.3, 0.4) is 0 Å². The third-order valence-electron chi connectivity index (χ3n) is 9.66. The van der Waals surface area contributed by atoms with E-state index in [2.05, 4.69) is 0 Å². The van der Waals surface area contributed by atoms with Gasteiger partial charge in [0.15, 0.2) is 0 Å². The third kappa shape index (κ3) is 5.36. The molecule has 0 fully saturated rings. The molecule has 0 spiro atoms. The van der Waals surface area contributed by atoms with E-state index in [9.17, 15) is 31.5 Å². The van der Waals surface area contributed by atoms with E-state index in [1.54, 1.807) is 0 Å². The minimum absolute atomic E-state index is 0.0931. The fourth-order valence-corrected chi connectivity index (χ4v) is 7.54. The van der Waals surface area contributed by atoms with Gasteiger partial charge in [-0.25, -0.2) is 18.4 Å². The first-order valence-electron chi connectivity index (χ1n) is 16.0. The van der Waals surface area contributed by atoms with Crippen LogP contribution in [0.2, 0.25) is 0 Å². The predicted octanol–water partition coefficient (Wildman–Crippen LogP) is 9.81. The molecule has 0 heterocycles. The van der Waals surface area contributed by atoms with Crippen molar-refractivity contribution in [2.24, 2.45) is 0 Å². The molecule has 6 aromatic rings. The zero-order valence-corrected chi connectivity index (χ0v) is 26.5. The van der Waals surface area contributed by atoms with Crippen molar-refractivity contribution in [1.82, 2.24) is 0 Å². The van der Waals surface area contributed by atoms with E-state index >= 15 is 0 Å². The maximum Gasteiger partial charge on any atom is 0.416 e. The highest BCUT2D eigenvalue weighted by Crippen LogP contribution is 2.64. The van der Waals surface area contributed by atoms with Gasteiger partial charge in [-0.05, 0) is 107 Å². The van der Waals surface area contributed by atoms with Gasteiger partial charge < -0.3 is 9.47 Å². The molecule has 0 atom stereocenters. The van der Waals surface area contributed by atoms with Crippen LogP contribution in [0.25, 0.3) is 0 Å². The lowest BCUT2D eigenvalue weighted by Crippen LogP contribution is -2.44. The van der Waals surface area contributed by atoms with Crippen LogP contribution < -0.4 is 9.47 Å². The molecule has 6 aromatic carbocycles. The Morgan fingerprint density at radius 1 is 0.588 bits per heavy atom. The van der Waals surface area contributed by atoms with Crippen LogP contribution in [-0.4, -0.2) is 11.9 Å². The molecule has 3 aliphatic rings. The summed E-state index contributed by atoms with van der Waals surface area (Å²) in [5.41, 5.74) is 3.35. The van der Waals surface area contributed by atoms with E-state index in [-0.39, 0.29) is 29.0 Å². The summed E-state index contributed by atoms with van der Waals surface area (Å²) < 4.78 is 80.5. The molecular weight excluding hydrogens is 663 g/mol. The lowest BCUT2D eigenvalue weighted by molar-refractivity contribution is -0.137. The van der Waals surface area contributed by atoms with Gasteiger partial charge in [-0.3, -0.25) is 0 Å². The van der Waals surface area contributed by atoms with Crippen LogP contribution in [0.15, 0.2) is 133 Å². The van der Waals surface area contributed by atoms with Gasteiger partial charge in [-0.1, -0.05) is 60.7 Å². The van der Waals surface area contributed by atoms with Crippen molar-refractivity contribution in [2.75, 3.05) is 0 Å². The van der Waals surface area contributed by atoms with Gasteiger partial charge in [0.25, 0.3) is 0 Å². The average Bonchev–Trinajstić information content (AvgIpc) is 3.13. The fourth-order valence-electron chi connectivity index (χ4n) is 7.54. The van der Waals surface area contributed by atoms with Gasteiger partial charge >= 0.3 is 18.1 Å². The summed E-state index contributed by atoms with van der Waals surface area (Å²) in [6.45, 7) is 0. The maximum atomic E-state index is 13.7. The van der Waals surface area contributed by atoms with Crippen LogP contribution in [0.1, 0.15) is 71.1 Å². The Morgan fingerprint density at radius 2 is 1.06 bits per heavy atom. The molecule has 0 aromatic heterocycles. The highest BCUT2D eigenvalue weighted by Gasteiger charge is 2.54. The number of hydrogen-bond acceptors (Lipinski definition) is 4. The Bertz CT molecular complexity index is 2280. The SMILES string of the molecule is O=C(Oc1ccc(OC(=O)c2ccc(F)cc2)c2c1C1c3ccccc3C2(Cc2ccc(C(F)(F)F)cc2)c2ccccc21)c1ccc(F)cc1. The highest BCUT2D eigenvalue weighted by atomic mass is 19.4. The first-order valence-corrected chi connectivity index (χ1v) is 16.0. The second kappa shape index (κ2) is 12.1. The molecular formula is C42H25F5O4. The van der Waals surface area contributed by atoms with Crippen molar-refractivity contribution in [2.45, 2.75) is 23.9 Å². The molecule has 0 radical (unpaired) electrons. The Labute approximate surface area is 288 Å². The number of esters is 2. The molecule has 9 rings (SSSR count). The molecule has 3 aliphatic carbocycles. The lowest BCUT2D eigenvalue weighted by atomic mass is 9.51. The molecule has 0 saturated heterocycles. The Morgan fingerprint density at radius 3 is 1.57 bits per heavy atom. The van der Waals surface area contributed by atoms with Crippen molar-refractivity contribution in [3.05, 3.63) is 201 Å². The third-order valence-corrected chi connectivity index (χ3v) is 9.66. The first kappa shape index (κ1) is 32.1. The zero-order valence-electron chi connectivity index (χ0n) is 26.5. The van der Waals surface area contributed by atoms with Crippen molar-refractivity contribution in [1.29, 1.82) is 0 Å². The maximum absolute atomic E-state index is 13.7. The molecule has 0 unspecified atom stereocenters. The number of alkyl halides is 3. The Hall–Kier alpha value is -6.09. The minimum Gasteiger partial charge on any atom is -0.423 e. The van der Waals surface area contributed by atoms with E-state index in [4.69, 9.17) is 9.47 Å². The summed E-state index contributed by atoms with van der Waals surface area (Å²) in [6.07, 6.45) is -4.38. The zero-order chi connectivity index (χ0) is 35.5. The molecule has 0 saturated carbocycles. The van der Waals surface area contributed by atoms with Crippen LogP contribution in [0.4, 0.5) is 22.0 Å². The van der Waals surface area contributed by atoms with Crippen LogP contribution in [-0.2, 0) is 18.0 Å². The number of benzene rings is 6. The Balaban J connectivity index is 1.38. The van der Waals surface area contributed by atoms with Gasteiger partial charge in [0.05, 0.1) is 22.1 Å². The largest absolute Gasteiger partial charge is 0.423 e. The molecule has 0 N–H and O–H groups in total. The second-order valence-electron chi connectivity index (χ2n) is 12.5. The molecule has 0 aliphatic heterocycles. The number of carbonyl (C=O) groups is 2. The van der Waals surface area contributed by atoms with Crippen molar-refractivity contribution in [3.63, 3.8) is 0 Å². The highest BCUT2D eigenvalue weighted by molar-refractivity contribution is 5.93. The summed E-state index contributed by atoms with van der Waals surface area (Å²) in [5.74, 6) is -2.74. The van der Waals surface area contributed by atoms with Crippen molar-refractivity contribution < 1.29 is 41.0 Å². The van der Waals surface area contributed by atoms with Crippen molar-refractivity contribution >= 4 is 11.9 Å². The smallest absolute Gasteiger partial charge is 0.416 e. The molecule has 252 valence electrons. The number of rotatable bonds is 6. The predicted molar refractivity (Wildman–Crippen MR) is 178 cm³/mol. The monoisotopic (exact) mass is 688 g/mol. The molecule has 2 bridgehead atoms. The topological polar surface area (TPSA) is 52.6 Å². The van der Waals surface area contributed by atoms with Crippen LogP contribution in [0.5, 0.6) is 11.5 Å². The van der Waals surface area contributed by atoms with Crippen LogP contribution >= 0.6 is 0 Å². The second-order valence-corrected chi connectivity index (χ2v) is 12.5. The van der Waals surface area contributed by atoms with Crippen molar-refractivity contribution in [3.8, 4) is 11.5 Å². The van der Waals surface area contributed by atoms with E-state index < -0.39 is 46.6 Å². The summed E-state index contributed by atoms with van der Waals surface area (Å²) in [5, 5.41) is 0. The van der Waals surface area contributed by atoms with Gasteiger partial charge in [0.2, 0.25) is 0 Å². The summed E-state index contributed by atoms with van der Waals surface area (Å²) in [6, 6.07) is 33.2. The quantitative estimate of drug-likeness (QED) is 0.0994. The number of halogens is 5. The van der Waals surface area contributed by atoms with Gasteiger partial charge in [-0.15, -0.1) is 0 Å². The van der Waals surface area contributed by atoms with E-state index in [1.165, 1.54) is 48.5 Å². The lowest BCUT2D eigenvalue weighted by Gasteiger charge is -2.51. The first-order chi connectivity index (χ1) is 24.5. The standard InChI is InChI=1S/C42H25F5O4/c43-28-17-11-25(12-18-28)39(48)50-34-21-22-35(51-40(49)26-13-19-29(44)20-14-26)38-37(34)36-30-5-1-3-7-32(30)41(38,33-8-4-2-6-31(33)36)23-24-9-15-27(16-10-24)42(45,46)47/h1-22,36H,23H2. The van der Waals surface area contributed by atoms with E-state index in [1.807, 2.05) is 48.5 Å². The average molecular weight is 689 g/mol. The number of ether oxygens (including phenoxy) is 2. The molecule has 9 heteroatoms. The fraction of sp³-hybridized carbons (Fsp3) is 0.0952. The number of carbonyl (C=O) groups excluding carboxylic acids is 2. The summed E-state index contributed by atoms with van der Waals surface area (Å²) in [7, 11) is 0. The van der Waals surface area contributed by atoms with Gasteiger partial charge in [0, 0.05) is 17.0 Å². The summed E-state index contributed by atoms with van der Waals surface area (Å²) in [4.78, 5) is 27.1. The Kier molecular flexibility index (Phi) is 7.59. The van der Waals surface area contributed by atoms with Gasteiger partial charge in [-0.2, -0.15) is 13.2 Å². The number of hydrogen-bond donors (Lipinski definition) is 0. The normalized spacial score (nSPS) is 16.8. The van der Waals surface area contributed by atoms with E-state index in [0.717, 1.165) is 58.7 Å². The van der Waals surface area contributed by atoms with Gasteiger partial charge in [0.1, 0.15) is 23.1 Å². The molecule has 4 nitrogen and oxygen atoms in total. The summed E-state index contributed by atoms with van der Waals surface area (Å²) >= 11 is 0. The minimum atomic E-state index is -4.53. The van der Waals surface area contributed by atoms with E-state index in [0.29, 0.717) is 16.7 Å². The van der Waals surface area contributed by atoms with Crippen LogP contribution in [0, 0.1) is 11.6 Å².